The largest absolute Gasteiger partial charge is 0.339 e. The molecule has 1 fully saturated rings. The van der Waals surface area contributed by atoms with Crippen LogP contribution in [0.25, 0.3) is 0 Å². The first-order valence-corrected chi connectivity index (χ1v) is 7.83. The summed E-state index contributed by atoms with van der Waals surface area (Å²) < 4.78 is 5.43. The highest BCUT2D eigenvalue weighted by atomic mass is 16.5. The summed E-state index contributed by atoms with van der Waals surface area (Å²) in [6.07, 6.45) is 4.10. The Morgan fingerprint density at radius 1 is 1.24 bits per heavy atom. The van der Waals surface area contributed by atoms with Crippen molar-refractivity contribution in [3.8, 4) is 0 Å². The lowest BCUT2D eigenvalue weighted by Crippen LogP contribution is -2.23. The molecule has 1 heterocycles. The van der Waals surface area contributed by atoms with E-state index < -0.39 is 0 Å². The minimum Gasteiger partial charge on any atom is -0.339 e. The zero-order chi connectivity index (χ0) is 14.7. The van der Waals surface area contributed by atoms with Gasteiger partial charge in [-0.05, 0) is 31.4 Å². The molecule has 3 rings (SSSR count). The summed E-state index contributed by atoms with van der Waals surface area (Å²) in [5, 5.41) is 7.64. The van der Waals surface area contributed by atoms with Crippen LogP contribution in [-0.4, -0.2) is 22.7 Å². The van der Waals surface area contributed by atoms with Crippen LogP contribution in [0.15, 0.2) is 34.9 Å². The van der Waals surface area contributed by atoms with Gasteiger partial charge in [0.05, 0.1) is 5.41 Å². The van der Waals surface area contributed by atoms with E-state index in [-0.39, 0.29) is 5.41 Å². The van der Waals surface area contributed by atoms with Gasteiger partial charge < -0.3 is 9.84 Å². The van der Waals surface area contributed by atoms with Crippen LogP contribution in [-0.2, 0) is 11.8 Å². The maximum Gasteiger partial charge on any atom is 0.226 e. The zero-order valence-electron chi connectivity index (χ0n) is 12.8. The van der Waals surface area contributed by atoms with Gasteiger partial charge in [0.25, 0.3) is 0 Å². The molecule has 4 heteroatoms. The number of hydrogen-bond donors (Lipinski definition) is 1. The summed E-state index contributed by atoms with van der Waals surface area (Å²) in [5.41, 5.74) is 1.32. The van der Waals surface area contributed by atoms with Crippen LogP contribution in [0, 0.1) is 0 Å². The third-order valence-electron chi connectivity index (χ3n) is 4.09. The van der Waals surface area contributed by atoms with Gasteiger partial charge in [0.1, 0.15) is 0 Å². The van der Waals surface area contributed by atoms with Gasteiger partial charge >= 0.3 is 0 Å². The molecule has 1 N–H and O–H groups in total. The highest BCUT2D eigenvalue weighted by molar-refractivity contribution is 5.38. The summed E-state index contributed by atoms with van der Waals surface area (Å²) in [7, 11) is 0. The van der Waals surface area contributed by atoms with Gasteiger partial charge in [0.2, 0.25) is 5.89 Å². The molecule has 0 saturated heterocycles. The van der Waals surface area contributed by atoms with Crippen molar-refractivity contribution < 1.29 is 4.52 Å². The number of rotatable bonds is 7. The summed E-state index contributed by atoms with van der Waals surface area (Å²) in [5.74, 6) is 1.62. The number of nitrogens with zero attached hydrogens (tertiary/aromatic N) is 2. The first-order chi connectivity index (χ1) is 10.2. The van der Waals surface area contributed by atoms with E-state index in [9.17, 15) is 0 Å². The number of hydrogen-bond acceptors (Lipinski definition) is 4. The fraction of sp³-hybridized carbons (Fsp3) is 0.529. The molecule has 2 aromatic rings. The lowest BCUT2D eigenvalue weighted by atomic mass is 9.95. The van der Waals surface area contributed by atoms with Crippen LogP contribution in [0.5, 0.6) is 0 Å². The average molecular weight is 285 g/mol. The molecule has 112 valence electrons. The topological polar surface area (TPSA) is 51.0 Å². The van der Waals surface area contributed by atoms with Crippen molar-refractivity contribution in [3.63, 3.8) is 0 Å². The maximum absolute atomic E-state index is 5.43. The molecular weight excluding hydrogens is 262 g/mol. The van der Waals surface area contributed by atoms with Crippen LogP contribution in [0.2, 0.25) is 0 Å². The van der Waals surface area contributed by atoms with E-state index in [0.29, 0.717) is 6.04 Å². The highest BCUT2D eigenvalue weighted by Gasteiger charge is 2.49. The summed E-state index contributed by atoms with van der Waals surface area (Å²) in [4.78, 5) is 4.63. The van der Waals surface area contributed by atoms with E-state index in [2.05, 4.69) is 53.6 Å². The quantitative estimate of drug-likeness (QED) is 0.794. The second kappa shape index (κ2) is 5.98. The lowest BCUT2D eigenvalue weighted by molar-refractivity contribution is 0.366. The standard InChI is InChI=1S/C17H23N3O/c1-13(2)18-12-6-9-15-19-16(20-21-15)17(10-11-17)14-7-4-3-5-8-14/h3-5,7-8,13,18H,6,9-12H2,1-2H3. The van der Waals surface area contributed by atoms with Gasteiger partial charge in [-0.1, -0.05) is 49.3 Å². The molecule has 1 aromatic carbocycles. The van der Waals surface area contributed by atoms with Crippen LogP contribution in [0.1, 0.15) is 50.4 Å². The Morgan fingerprint density at radius 3 is 2.67 bits per heavy atom. The van der Waals surface area contributed by atoms with Gasteiger partial charge in [-0.15, -0.1) is 0 Å². The molecule has 0 amide bonds. The van der Waals surface area contributed by atoms with Crippen molar-refractivity contribution in [2.45, 2.75) is 51.0 Å². The van der Waals surface area contributed by atoms with Crippen molar-refractivity contribution in [2.75, 3.05) is 6.54 Å². The fourth-order valence-corrected chi connectivity index (χ4v) is 2.70. The van der Waals surface area contributed by atoms with Gasteiger partial charge in [0, 0.05) is 12.5 Å². The molecule has 1 saturated carbocycles. The van der Waals surface area contributed by atoms with Gasteiger partial charge in [-0.3, -0.25) is 0 Å². The van der Waals surface area contributed by atoms with Crippen molar-refractivity contribution in [1.82, 2.24) is 15.5 Å². The summed E-state index contributed by atoms with van der Waals surface area (Å²) in [6, 6.07) is 11.0. The maximum atomic E-state index is 5.43. The monoisotopic (exact) mass is 285 g/mol. The van der Waals surface area contributed by atoms with Gasteiger partial charge in [-0.25, -0.2) is 0 Å². The number of nitrogens with one attached hydrogen (secondary N) is 1. The Balaban J connectivity index is 1.63. The summed E-state index contributed by atoms with van der Waals surface area (Å²) in [6.45, 7) is 5.29. The Morgan fingerprint density at radius 2 is 2.00 bits per heavy atom. The SMILES string of the molecule is CC(C)NCCCc1nc(C2(c3ccccc3)CC2)no1. The third kappa shape index (κ3) is 3.16. The van der Waals surface area contributed by atoms with E-state index >= 15 is 0 Å². The molecule has 1 aromatic heterocycles. The molecule has 0 unspecified atom stereocenters. The van der Waals surface area contributed by atoms with E-state index in [0.717, 1.165) is 43.9 Å². The molecular formula is C17H23N3O. The molecule has 0 aliphatic heterocycles. The Hall–Kier alpha value is -1.68. The van der Waals surface area contributed by atoms with Crippen LogP contribution in [0.3, 0.4) is 0 Å². The molecule has 1 aliphatic carbocycles. The molecule has 0 spiro atoms. The molecule has 21 heavy (non-hydrogen) atoms. The zero-order valence-corrected chi connectivity index (χ0v) is 12.8. The van der Waals surface area contributed by atoms with Gasteiger partial charge in [-0.2, -0.15) is 4.98 Å². The third-order valence-corrected chi connectivity index (χ3v) is 4.09. The molecule has 0 atom stereocenters. The van der Waals surface area contributed by atoms with E-state index in [1.54, 1.807) is 0 Å². The van der Waals surface area contributed by atoms with Crippen molar-refractivity contribution in [2.24, 2.45) is 0 Å². The van der Waals surface area contributed by atoms with E-state index in [1.165, 1.54) is 5.56 Å². The minimum absolute atomic E-state index is 0.0131. The second-order valence-corrected chi connectivity index (χ2v) is 6.17. The predicted molar refractivity (Wildman–Crippen MR) is 82.2 cm³/mol. The minimum atomic E-state index is 0.0131. The van der Waals surface area contributed by atoms with Crippen molar-refractivity contribution in [1.29, 1.82) is 0 Å². The number of benzene rings is 1. The van der Waals surface area contributed by atoms with Crippen LogP contribution >= 0.6 is 0 Å². The summed E-state index contributed by atoms with van der Waals surface area (Å²) >= 11 is 0. The highest BCUT2D eigenvalue weighted by Crippen LogP contribution is 2.52. The van der Waals surface area contributed by atoms with E-state index in [1.807, 2.05) is 6.07 Å². The number of aromatic nitrogens is 2. The first kappa shape index (κ1) is 14.3. The van der Waals surface area contributed by atoms with Gasteiger partial charge in [0.15, 0.2) is 5.82 Å². The average Bonchev–Trinajstić information content (AvgIpc) is 3.17. The fourth-order valence-electron chi connectivity index (χ4n) is 2.70. The molecule has 4 nitrogen and oxygen atoms in total. The predicted octanol–water partition coefficient (Wildman–Crippen LogP) is 3.08. The Kier molecular flexibility index (Phi) is 4.06. The van der Waals surface area contributed by atoms with Crippen LogP contribution < -0.4 is 5.32 Å². The molecule has 0 radical (unpaired) electrons. The second-order valence-electron chi connectivity index (χ2n) is 6.17. The molecule has 0 bridgehead atoms. The van der Waals surface area contributed by atoms with Crippen LogP contribution in [0.4, 0.5) is 0 Å². The smallest absolute Gasteiger partial charge is 0.226 e. The first-order valence-electron chi connectivity index (χ1n) is 7.83. The molecule has 1 aliphatic rings. The number of aryl methyl sites for hydroxylation is 1. The normalized spacial score (nSPS) is 16.3. The van der Waals surface area contributed by atoms with Crippen molar-refractivity contribution >= 4 is 0 Å². The lowest BCUT2D eigenvalue weighted by Gasteiger charge is -2.10. The Bertz CT molecular complexity index is 573. The van der Waals surface area contributed by atoms with E-state index in [4.69, 9.17) is 4.52 Å². The Labute approximate surface area is 126 Å². The van der Waals surface area contributed by atoms with Crippen molar-refractivity contribution in [3.05, 3.63) is 47.6 Å².